The number of aliphatic hydroxyl groups excluding tert-OH is 1. The van der Waals surface area contributed by atoms with Gasteiger partial charge >= 0.3 is 0 Å². The lowest BCUT2D eigenvalue weighted by atomic mass is 9.86. The molecular weight excluding hydrogens is 270 g/mol. The van der Waals surface area contributed by atoms with Gasteiger partial charge < -0.3 is 10.4 Å². The summed E-state index contributed by atoms with van der Waals surface area (Å²) in [5.74, 6) is 0. The van der Waals surface area contributed by atoms with Crippen molar-refractivity contribution in [2.45, 2.75) is 63.5 Å². The van der Waals surface area contributed by atoms with Crippen LogP contribution in [0.15, 0.2) is 24.3 Å². The van der Waals surface area contributed by atoms with Crippen LogP contribution in [0.25, 0.3) is 0 Å². The number of halogens is 1. The lowest BCUT2D eigenvalue weighted by Crippen LogP contribution is -2.50. The van der Waals surface area contributed by atoms with Crippen molar-refractivity contribution >= 4 is 11.6 Å². The van der Waals surface area contributed by atoms with Gasteiger partial charge in [-0.05, 0) is 37.0 Å². The van der Waals surface area contributed by atoms with E-state index in [1.807, 2.05) is 24.3 Å². The monoisotopic (exact) mass is 295 g/mol. The second-order valence-electron chi connectivity index (χ2n) is 5.93. The highest BCUT2D eigenvalue weighted by Crippen LogP contribution is 2.29. The third kappa shape index (κ3) is 3.75. The molecule has 1 aliphatic rings. The van der Waals surface area contributed by atoms with Crippen LogP contribution in [0.3, 0.4) is 0 Å². The van der Waals surface area contributed by atoms with Gasteiger partial charge in [-0.3, -0.25) is 0 Å². The molecule has 1 aliphatic carbocycles. The SMILES string of the molecule is CCC(CO)(NC1CCCCCC1)c1ccc(Cl)cc1. The molecule has 1 atom stereocenters. The fourth-order valence-electron chi connectivity index (χ4n) is 3.22. The minimum Gasteiger partial charge on any atom is -0.394 e. The number of benzene rings is 1. The molecule has 3 heteroatoms. The highest BCUT2D eigenvalue weighted by Gasteiger charge is 2.32. The molecule has 1 fully saturated rings. The molecule has 2 N–H and O–H groups in total. The Balaban J connectivity index is 2.17. The Morgan fingerprint density at radius 1 is 1.15 bits per heavy atom. The lowest BCUT2D eigenvalue weighted by Gasteiger charge is -2.37. The Labute approximate surface area is 127 Å². The maximum absolute atomic E-state index is 10.0. The van der Waals surface area contributed by atoms with E-state index in [4.69, 9.17) is 11.6 Å². The molecule has 112 valence electrons. The first-order valence-electron chi connectivity index (χ1n) is 7.85. The van der Waals surface area contributed by atoms with E-state index >= 15 is 0 Å². The summed E-state index contributed by atoms with van der Waals surface area (Å²) in [4.78, 5) is 0. The van der Waals surface area contributed by atoms with Gasteiger partial charge in [0.25, 0.3) is 0 Å². The molecule has 0 saturated heterocycles. The quantitative estimate of drug-likeness (QED) is 0.796. The van der Waals surface area contributed by atoms with Crippen LogP contribution in [0.5, 0.6) is 0 Å². The third-order valence-corrected chi connectivity index (χ3v) is 4.86. The van der Waals surface area contributed by atoms with Crippen LogP contribution in [0.2, 0.25) is 5.02 Å². The second kappa shape index (κ2) is 7.44. The van der Waals surface area contributed by atoms with Gasteiger partial charge in [0.2, 0.25) is 0 Å². The largest absolute Gasteiger partial charge is 0.394 e. The van der Waals surface area contributed by atoms with Crippen LogP contribution in [-0.2, 0) is 5.54 Å². The fourth-order valence-corrected chi connectivity index (χ4v) is 3.35. The van der Waals surface area contributed by atoms with Crippen molar-refractivity contribution in [3.05, 3.63) is 34.9 Å². The zero-order valence-electron chi connectivity index (χ0n) is 12.4. The van der Waals surface area contributed by atoms with Gasteiger partial charge in [0.1, 0.15) is 0 Å². The molecule has 20 heavy (non-hydrogen) atoms. The molecule has 0 heterocycles. The van der Waals surface area contributed by atoms with Crippen molar-refractivity contribution in [2.24, 2.45) is 0 Å². The van der Waals surface area contributed by atoms with Gasteiger partial charge in [0.15, 0.2) is 0 Å². The number of hydrogen-bond acceptors (Lipinski definition) is 2. The van der Waals surface area contributed by atoms with E-state index in [9.17, 15) is 5.11 Å². The van der Waals surface area contributed by atoms with Gasteiger partial charge in [-0.15, -0.1) is 0 Å². The molecule has 0 amide bonds. The van der Waals surface area contributed by atoms with E-state index in [1.54, 1.807) is 0 Å². The summed E-state index contributed by atoms with van der Waals surface area (Å²) in [5, 5.41) is 14.5. The first kappa shape index (κ1) is 15.8. The van der Waals surface area contributed by atoms with Gasteiger partial charge in [0.05, 0.1) is 12.1 Å². The number of hydrogen-bond donors (Lipinski definition) is 2. The van der Waals surface area contributed by atoms with E-state index in [1.165, 1.54) is 38.5 Å². The third-order valence-electron chi connectivity index (χ3n) is 4.61. The smallest absolute Gasteiger partial charge is 0.0668 e. The van der Waals surface area contributed by atoms with Gasteiger partial charge in [-0.1, -0.05) is 56.3 Å². The lowest BCUT2D eigenvalue weighted by molar-refractivity contribution is 0.137. The maximum Gasteiger partial charge on any atom is 0.0668 e. The Kier molecular flexibility index (Phi) is 5.88. The average Bonchev–Trinajstić information content (AvgIpc) is 2.74. The molecule has 1 aromatic carbocycles. The van der Waals surface area contributed by atoms with E-state index in [0.29, 0.717) is 6.04 Å². The summed E-state index contributed by atoms with van der Waals surface area (Å²) >= 11 is 5.98. The summed E-state index contributed by atoms with van der Waals surface area (Å²) in [7, 11) is 0. The minimum atomic E-state index is -0.334. The highest BCUT2D eigenvalue weighted by atomic mass is 35.5. The Bertz CT molecular complexity index is 392. The molecule has 0 spiro atoms. The highest BCUT2D eigenvalue weighted by molar-refractivity contribution is 6.30. The zero-order valence-corrected chi connectivity index (χ0v) is 13.1. The summed E-state index contributed by atoms with van der Waals surface area (Å²) < 4.78 is 0. The second-order valence-corrected chi connectivity index (χ2v) is 6.37. The Hall–Kier alpha value is -0.570. The fraction of sp³-hybridized carbons (Fsp3) is 0.647. The summed E-state index contributed by atoms with van der Waals surface area (Å²) in [6, 6.07) is 8.40. The van der Waals surface area contributed by atoms with E-state index in [-0.39, 0.29) is 12.1 Å². The Morgan fingerprint density at radius 3 is 2.25 bits per heavy atom. The molecule has 0 bridgehead atoms. The molecule has 2 rings (SSSR count). The van der Waals surface area contributed by atoms with E-state index in [2.05, 4.69) is 12.2 Å². The molecule has 1 unspecified atom stereocenters. The van der Waals surface area contributed by atoms with E-state index in [0.717, 1.165) is 17.0 Å². The van der Waals surface area contributed by atoms with E-state index < -0.39 is 0 Å². The molecular formula is C17H26ClNO. The van der Waals surface area contributed by atoms with Crippen molar-refractivity contribution < 1.29 is 5.11 Å². The summed E-state index contributed by atoms with van der Waals surface area (Å²) in [5.41, 5.74) is 0.802. The molecule has 0 aromatic heterocycles. The van der Waals surface area contributed by atoms with Crippen LogP contribution in [0, 0.1) is 0 Å². The summed E-state index contributed by atoms with van der Waals surface area (Å²) in [6.45, 7) is 2.26. The van der Waals surface area contributed by atoms with Crippen LogP contribution < -0.4 is 5.32 Å². The predicted molar refractivity (Wildman–Crippen MR) is 85.1 cm³/mol. The molecule has 0 radical (unpaired) electrons. The maximum atomic E-state index is 10.0. The van der Waals surface area contributed by atoms with Crippen LogP contribution >= 0.6 is 11.6 Å². The number of aliphatic hydroxyl groups is 1. The topological polar surface area (TPSA) is 32.3 Å². The van der Waals surface area contributed by atoms with Crippen molar-refractivity contribution in [2.75, 3.05) is 6.61 Å². The molecule has 1 aromatic rings. The normalized spacial score (nSPS) is 20.4. The van der Waals surface area contributed by atoms with Crippen molar-refractivity contribution in [1.29, 1.82) is 0 Å². The summed E-state index contributed by atoms with van der Waals surface area (Å²) in [6.07, 6.45) is 8.59. The van der Waals surface area contributed by atoms with Gasteiger partial charge in [-0.2, -0.15) is 0 Å². The number of rotatable bonds is 5. The van der Waals surface area contributed by atoms with Crippen molar-refractivity contribution in [3.8, 4) is 0 Å². The zero-order chi connectivity index (χ0) is 14.4. The first-order chi connectivity index (χ1) is 9.70. The standard InChI is InChI=1S/C17H26ClNO/c1-2-17(13-20,14-9-11-15(18)12-10-14)19-16-7-5-3-4-6-8-16/h9-12,16,19-20H,2-8,13H2,1H3. The van der Waals surface area contributed by atoms with Gasteiger partial charge in [-0.25, -0.2) is 0 Å². The molecule has 2 nitrogen and oxygen atoms in total. The molecule has 0 aliphatic heterocycles. The van der Waals surface area contributed by atoms with Crippen LogP contribution in [0.4, 0.5) is 0 Å². The predicted octanol–water partition coefficient (Wildman–Crippen LogP) is 4.25. The van der Waals surface area contributed by atoms with Crippen LogP contribution in [0.1, 0.15) is 57.4 Å². The Morgan fingerprint density at radius 2 is 1.75 bits per heavy atom. The van der Waals surface area contributed by atoms with Crippen LogP contribution in [-0.4, -0.2) is 17.8 Å². The molecule has 1 saturated carbocycles. The minimum absolute atomic E-state index is 0.127. The first-order valence-corrected chi connectivity index (χ1v) is 8.22. The van der Waals surface area contributed by atoms with Crippen molar-refractivity contribution in [1.82, 2.24) is 5.32 Å². The van der Waals surface area contributed by atoms with Gasteiger partial charge in [0, 0.05) is 11.1 Å². The van der Waals surface area contributed by atoms with Crippen molar-refractivity contribution in [3.63, 3.8) is 0 Å². The average molecular weight is 296 g/mol. The number of nitrogens with one attached hydrogen (secondary N) is 1.